The molecule has 0 bridgehead atoms. The van der Waals surface area contributed by atoms with E-state index in [0.717, 1.165) is 0 Å². The lowest BCUT2D eigenvalue weighted by Gasteiger charge is -2.25. The molecule has 4 atom stereocenters. The Morgan fingerprint density at radius 1 is 1.00 bits per heavy atom. The van der Waals surface area contributed by atoms with Crippen LogP contribution in [0.5, 0.6) is 0 Å². The Labute approximate surface area is 145 Å². The van der Waals surface area contributed by atoms with Crippen molar-refractivity contribution in [2.45, 2.75) is 64.3 Å². The summed E-state index contributed by atoms with van der Waals surface area (Å²) in [6.07, 6.45) is -1.58. The maximum absolute atomic E-state index is 12.2. The minimum atomic E-state index is -1.41. The summed E-state index contributed by atoms with van der Waals surface area (Å²) in [6, 6.07) is -3.74. The predicted octanol–water partition coefficient (Wildman–Crippen LogP) is -1.34. The first-order chi connectivity index (χ1) is 11.5. The lowest BCUT2D eigenvalue weighted by atomic mass is 10.0. The summed E-state index contributed by atoms with van der Waals surface area (Å²) in [5.74, 6) is -4.01. The number of hydrogen-bond acceptors (Lipinski definition) is 6. The van der Waals surface area contributed by atoms with Gasteiger partial charge >= 0.3 is 11.9 Å². The first kappa shape index (κ1) is 22.8. The maximum Gasteiger partial charge on any atom is 0.326 e. The number of aliphatic carboxylic acids is 2. The normalized spacial score (nSPS) is 15.8. The standard InChI is InChI=1S/C15H27N3O7/c1-7(2)6-10(15(24)25)17-14(23)12(8(3)19)18-13(22)9(16)4-5-11(20)21/h7-10,12,19H,4-6,16H2,1-3H3,(H,17,23)(H,18,22)(H,20,21)(H,24,25). The maximum atomic E-state index is 12.2. The molecule has 0 spiro atoms. The quantitative estimate of drug-likeness (QED) is 0.261. The van der Waals surface area contributed by atoms with Gasteiger partial charge in [0, 0.05) is 6.42 Å². The van der Waals surface area contributed by atoms with Gasteiger partial charge in [0.25, 0.3) is 0 Å². The second-order valence-corrected chi connectivity index (χ2v) is 6.29. The highest BCUT2D eigenvalue weighted by molar-refractivity contribution is 5.92. The number of amides is 2. The SMILES string of the molecule is CC(C)CC(NC(=O)C(NC(=O)C(N)CCC(=O)O)C(C)O)C(=O)O. The third-order valence-electron chi connectivity index (χ3n) is 3.39. The van der Waals surface area contributed by atoms with E-state index in [2.05, 4.69) is 10.6 Å². The van der Waals surface area contributed by atoms with Crippen molar-refractivity contribution in [3.8, 4) is 0 Å². The molecule has 0 aliphatic carbocycles. The fourth-order valence-electron chi connectivity index (χ4n) is 2.03. The molecule has 2 amide bonds. The van der Waals surface area contributed by atoms with Crippen molar-refractivity contribution in [3.63, 3.8) is 0 Å². The summed E-state index contributed by atoms with van der Waals surface area (Å²) < 4.78 is 0. The number of carboxylic acids is 2. The Kier molecular flexibility index (Phi) is 9.69. The van der Waals surface area contributed by atoms with Crippen molar-refractivity contribution in [2.24, 2.45) is 11.7 Å². The van der Waals surface area contributed by atoms with Crippen molar-refractivity contribution in [2.75, 3.05) is 0 Å². The van der Waals surface area contributed by atoms with Crippen LogP contribution in [0.25, 0.3) is 0 Å². The van der Waals surface area contributed by atoms with Gasteiger partial charge in [-0.15, -0.1) is 0 Å². The van der Waals surface area contributed by atoms with Crippen molar-refractivity contribution in [1.29, 1.82) is 0 Å². The minimum absolute atomic E-state index is 0.00503. The fourth-order valence-corrected chi connectivity index (χ4v) is 2.03. The fraction of sp³-hybridized carbons (Fsp3) is 0.733. The summed E-state index contributed by atoms with van der Waals surface area (Å²) in [7, 11) is 0. The molecule has 0 heterocycles. The number of carbonyl (C=O) groups is 4. The zero-order valence-corrected chi connectivity index (χ0v) is 14.6. The number of nitrogens with two attached hydrogens (primary N) is 1. The topological polar surface area (TPSA) is 179 Å². The van der Waals surface area contributed by atoms with E-state index in [1.165, 1.54) is 6.92 Å². The van der Waals surface area contributed by atoms with Crippen LogP contribution in [0.1, 0.15) is 40.0 Å². The van der Waals surface area contributed by atoms with Crippen molar-refractivity contribution in [3.05, 3.63) is 0 Å². The Morgan fingerprint density at radius 3 is 1.96 bits per heavy atom. The molecule has 0 aliphatic heterocycles. The lowest BCUT2D eigenvalue weighted by Crippen LogP contribution is -2.58. The Bertz CT molecular complexity index is 494. The molecular weight excluding hydrogens is 334 g/mol. The van der Waals surface area contributed by atoms with Crippen LogP contribution in [0.3, 0.4) is 0 Å². The largest absolute Gasteiger partial charge is 0.481 e. The summed E-state index contributed by atoms with van der Waals surface area (Å²) in [5.41, 5.74) is 5.55. The van der Waals surface area contributed by atoms with Gasteiger partial charge in [-0.1, -0.05) is 13.8 Å². The molecule has 0 saturated carbocycles. The number of aliphatic hydroxyl groups excluding tert-OH is 1. The minimum Gasteiger partial charge on any atom is -0.481 e. The van der Waals surface area contributed by atoms with Crippen LogP contribution in [0.15, 0.2) is 0 Å². The van der Waals surface area contributed by atoms with Crippen LogP contribution in [0.4, 0.5) is 0 Å². The van der Waals surface area contributed by atoms with Crippen LogP contribution in [0, 0.1) is 5.92 Å². The van der Waals surface area contributed by atoms with Gasteiger partial charge in [-0.3, -0.25) is 14.4 Å². The van der Waals surface area contributed by atoms with Crippen LogP contribution < -0.4 is 16.4 Å². The first-order valence-electron chi connectivity index (χ1n) is 7.94. The Morgan fingerprint density at radius 2 is 1.56 bits per heavy atom. The molecule has 4 unspecified atom stereocenters. The van der Waals surface area contributed by atoms with Gasteiger partial charge in [0.1, 0.15) is 12.1 Å². The number of rotatable bonds is 11. The molecule has 0 aliphatic rings. The van der Waals surface area contributed by atoms with Gasteiger partial charge in [-0.2, -0.15) is 0 Å². The highest BCUT2D eigenvalue weighted by atomic mass is 16.4. The predicted molar refractivity (Wildman–Crippen MR) is 87.5 cm³/mol. The van der Waals surface area contributed by atoms with E-state index < -0.39 is 48.0 Å². The second-order valence-electron chi connectivity index (χ2n) is 6.29. The van der Waals surface area contributed by atoms with Crippen molar-refractivity contribution < 1.29 is 34.5 Å². The monoisotopic (exact) mass is 361 g/mol. The molecule has 25 heavy (non-hydrogen) atoms. The van der Waals surface area contributed by atoms with Gasteiger partial charge in [0.05, 0.1) is 12.1 Å². The van der Waals surface area contributed by atoms with Gasteiger partial charge in [0.2, 0.25) is 11.8 Å². The molecule has 10 heteroatoms. The molecule has 0 fully saturated rings. The molecule has 0 saturated heterocycles. The van der Waals surface area contributed by atoms with Crippen molar-refractivity contribution in [1.82, 2.24) is 10.6 Å². The highest BCUT2D eigenvalue weighted by Gasteiger charge is 2.31. The van der Waals surface area contributed by atoms with Crippen LogP contribution >= 0.6 is 0 Å². The second kappa shape index (κ2) is 10.6. The zero-order valence-electron chi connectivity index (χ0n) is 14.6. The summed E-state index contributed by atoms with van der Waals surface area (Å²) in [6.45, 7) is 4.83. The third kappa shape index (κ3) is 9.01. The average Bonchev–Trinajstić information content (AvgIpc) is 2.47. The third-order valence-corrected chi connectivity index (χ3v) is 3.39. The van der Waals surface area contributed by atoms with E-state index in [4.69, 9.17) is 15.9 Å². The number of nitrogens with one attached hydrogen (secondary N) is 2. The molecular formula is C15H27N3O7. The summed E-state index contributed by atoms with van der Waals surface area (Å²) in [4.78, 5) is 45.9. The van der Waals surface area contributed by atoms with E-state index in [-0.39, 0.29) is 25.2 Å². The van der Waals surface area contributed by atoms with E-state index in [9.17, 15) is 24.3 Å². The van der Waals surface area contributed by atoms with E-state index in [0.29, 0.717) is 0 Å². The van der Waals surface area contributed by atoms with Crippen LogP contribution in [-0.4, -0.2) is 63.3 Å². The Balaban J connectivity index is 4.91. The molecule has 0 rings (SSSR count). The lowest BCUT2D eigenvalue weighted by molar-refractivity contribution is -0.143. The zero-order chi connectivity index (χ0) is 19.7. The van der Waals surface area contributed by atoms with E-state index in [1.54, 1.807) is 13.8 Å². The van der Waals surface area contributed by atoms with Gasteiger partial charge in [-0.05, 0) is 25.7 Å². The van der Waals surface area contributed by atoms with Crippen molar-refractivity contribution >= 4 is 23.8 Å². The van der Waals surface area contributed by atoms with E-state index >= 15 is 0 Å². The molecule has 0 aromatic heterocycles. The highest BCUT2D eigenvalue weighted by Crippen LogP contribution is 2.06. The number of aliphatic hydroxyl groups is 1. The summed E-state index contributed by atoms with van der Waals surface area (Å²) in [5, 5.41) is 31.9. The molecule has 7 N–H and O–H groups in total. The average molecular weight is 361 g/mol. The first-order valence-corrected chi connectivity index (χ1v) is 7.94. The number of carboxylic acid groups (broad SMARTS) is 2. The van der Waals surface area contributed by atoms with E-state index in [1.807, 2.05) is 0 Å². The van der Waals surface area contributed by atoms with Crippen LogP contribution in [-0.2, 0) is 19.2 Å². The smallest absolute Gasteiger partial charge is 0.326 e. The molecule has 0 radical (unpaired) electrons. The molecule has 144 valence electrons. The molecule has 10 nitrogen and oxygen atoms in total. The molecule has 0 aromatic carbocycles. The van der Waals surface area contributed by atoms with Gasteiger partial charge in [-0.25, -0.2) is 4.79 Å². The summed E-state index contributed by atoms with van der Waals surface area (Å²) >= 11 is 0. The van der Waals surface area contributed by atoms with Gasteiger partial charge < -0.3 is 31.7 Å². The molecule has 0 aromatic rings. The van der Waals surface area contributed by atoms with Crippen LogP contribution in [0.2, 0.25) is 0 Å². The van der Waals surface area contributed by atoms with Gasteiger partial charge in [0.15, 0.2) is 0 Å². The Hall–Kier alpha value is -2.20. The number of carbonyl (C=O) groups excluding carboxylic acids is 2. The number of hydrogen-bond donors (Lipinski definition) is 6.